The zero-order valence-electron chi connectivity index (χ0n) is 11.0. The van der Waals surface area contributed by atoms with E-state index in [1.165, 1.54) is 18.6 Å². The summed E-state index contributed by atoms with van der Waals surface area (Å²) in [7, 11) is 0. The largest absolute Gasteiger partial charge is 0.316 e. The first-order chi connectivity index (χ1) is 8.58. The Labute approximate surface area is 114 Å². The van der Waals surface area contributed by atoms with Crippen molar-refractivity contribution in [1.29, 1.82) is 0 Å². The molecule has 18 heavy (non-hydrogen) atoms. The molecule has 1 saturated heterocycles. The Hall–Kier alpha value is -0.600. The summed E-state index contributed by atoms with van der Waals surface area (Å²) >= 11 is 6.20. The van der Waals surface area contributed by atoms with Crippen molar-refractivity contribution in [2.45, 2.75) is 32.6 Å². The highest BCUT2D eigenvalue weighted by Gasteiger charge is 2.28. The second-order valence-electron chi connectivity index (χ2n) is 5.65. The fourth-order valence-electron chi connectivity index (χ4n) is 2.99. The van der Waals surface area contributed by atoms with E-state index in [4.69, 9.17) is 11.6 Å². The fraction of sp³-hybridized carbons (Fsp3) is 0.600. The van der Waals surface area contributed by atoms with Gasteiger partial charge in [0.15, 0.2) is 0 Å². The maximum Gasteiger partial charge on any atom is 0.124 e. The van der Waals surface area contributed by atoms with Gasteiger partial charge in [0.2, 0.25) is 0 Å². The molecule has 2 atom stereocenters. The molecular formula is C15H21ClFN. The molecule has 100 valence electrons. The van der Waals surface area contributed by atoms with E-state index in [1.807, 2.05) is 6.07 Å². The Morgan fingerprint density at radius 1 is 1.44 bits per heavy atom. The molecule has 1 aromatic rings. The van der Waals surface area contributed by atoms with Gasteiger partial charge < -0.3 is 5.32 Å². The van der Waals surface area contributed by atoms with E-state index in [2.05, 4.69) is 19.2 Å². The van der Waals surface area contributed by atoms with Crippen LogP contribution in [0.25, 0.3) is 0 Å². The number of piperidine rings is 1. The zero-order chi connectivity index (χ0) is 13.1. The highest BCUT2D eigenvalue weighted by Crippen LogP contribution is 2.37. The smallest absolute Gasteiger partial charge is 0.124 e. The van der Waals surface area contributed by atoms with E-state index in [1.54, 1.807) is 0 Å². The van der Waals surface area contributed by atoms with Crippen molar-refractivity contribution < 1.29 is 4.39 Å². The van der Waals surface area contributed by atoms with Gasteiger partial charge >= 0.3 is 0 Å². The van der Waals surface area contributed by atoms with Crippen molar-refractivity contribution in [2.75, 3.05) is 13.1 Å². The molecule has 1 nitrogen and oxygen atoms in total. The van der Waals surface area contributed by atoms with Gasteiger partial charge in [-0.1, -0.05) is 31.5 Å². The molecule has 0 aliphatic carbocycles. The monoisotopic (exact) mass is 269 g/mol. The van der Waals surface area contributed by atoms with E-state index in [0.717, 1.165) is 25.1 Å². The molecule has 1 N–H and O–H groups in total. The average Bonchev–Trinajstić information content (AvgIpc) is 2.30. The average molecular weight is 270 g/mol. The lowest BCUT2D eigenvalue weighted by Crippen LogP contribution is -2.36. The Morgan fingerprint density at radius 3 is 2.89 bits per heavy atom. The molecular weight excluding hydrogens is 249 g/mol. The highest BCUT2D eigenvalue weighted by molar-refractivity contribution is 6.31. The van der Waals surface area contributed by atoms with Gasteiger partial charge in [0, 0.05) is 5.02 Å². The van der Waals surface area contributed by atoms with Crippen molar-refractivity contribution in [2.24, 2.45) is 11.8 Å². The number of nitrogens with one attached hydrogen (secondary N) is 1. The number of hydrogen-bond donors (Lipinski definition) is 1. The zero-order valence-corrected chi connectivity index (χ0v) is 11.8. The lowest BCUT2D eigenvalue weighted by Gasteiger charge is -2.34. The van der Waals surface area contributed by atoms with Crippen molar-refractivity contribution in [3.05, 3.63) is 34.6 Å². The third-order valence-electron chi connectivity index (χ3n) is 3.74. The summed E-state index contributed by atoms with van der Waals surface area (Å²) in [4.78, 5) is 0. The van der Waals surface area contributed by atoms with Crippen LogP contribution in [0.2, 0.25) is 5.02 Å². The first kappa shape index (κ1) is 13.8. The second kappa shape index (κ2) is 6.03. The Bertz CT molecular complexity index is 405. The van der Waals surface area contributed by atoms with Crippen LogP contribution in [-0.4, -0.2) is 13.1 Å². The van der Waals surface area contributed by atoms with E-state index in [0.29, 0.717) is 22.8 Å². The first-order valence-electron chi connectivity index (χ1n) is 6.73. The normalized spacial score (nSPS) is 24.5. The van der Waals surface area contributed by atoms with Gasteiger partial charge in [-0.3, -0.25) is 0 Å². The van der Waals surface area contributed by atoms with Gasteiger partial charge in [-0.15, -0.1) is 0 Å². The minimum Gasteiger partial charge on any atom is -0.316 e. The van der Waals surface area contributed by atoms with E-state index in [-0.39, 0.29) is 5.82 Å². The van der Waals surface area contributed by atoms with Crippen LogP contribution in [0.1, 0.15) is 38.2 Å². The van der Waals surface area contributed by atoms with Crippen LogP contribution in [0.3, 0.4) is 0 Å². The lowest BCUT2D eigenvalue weighted by atomic mass is 9.77. The molecule has 1 heterocycles. The summed E-state index contributed by atoms with van der Waals surface area (Å²) in [5.74, 6) is 1.48. The van der Waals surface area contributed by atoms with Gasteiger partial charge in [0.1, 0.15) is 5.82 Å². The van der Waals surface area contributed by atoms with Crippen molar-refractivity contribution in [1.82, 2.24) is 5.32 Å². The number of rotatable bonds is 3. The van der Waals surface area contributed by atoms with Crippen LogP contribution in [0, 0.1) is 17.7 Å². The molecule has 2 rings (SSSR count). The quantitative estimate of drug-likeness (QED) is 0.866. The SMILES string of the molecule is CC(C)CC1CNCCC1c1ccc(F)cc1Cl. The highest BCUT2D eigenvalue weighted by atomic mass is 35.5. The molecule has 0 radical (unpaired) electrons. The predicted molar refractivity (Wildman–Crippen MR) is 74.6 cm³/mol. The molecule has 0 amide bonds. The summed E-state index contributed by atoms with van der Waals surface area (Å²) in [6.07, 6.45) is 2.27. The minimum absolute atomic E-state index is 0.252. The van der Waals surface area contributed by atoms with Gasteiger partial charge in [-0.05, 0) is 61.4 Å². The van der Waals surface area contributed by atoms with E-state index < -0.39 is 0 Å². The standard InChI is InChI=1S/C15H21ClFN/c1-10(2)7-11-9-18-6-5-13(11)14-4-3-12(17)8-15(14)16/h3-4,8,10-11,13,18H,5-7,9H2,1-2H3. The molecule has 0 saturated carbocycles. The fourth-order valence-corrected chi connectivity index (χ4v) is 3.30. The summed E-state index contributed by atoms with van der Waals surface area (Å²) in [6.45, 7) is 6.55. The van der Waals surface area contributed by atoms with Crippen LogP contribution >= 0.6 is 11.6 Å². The second-order valence-corrected chi connectivity index (χ2v) is 6.06. The van der Waals surface area contributed by atoms with Crippen LogP contribution < -0.4 is 5.32 Å². The third kappa shape index (κ3) is 3.24. The van der Waals surface area contributed by atoms with Gasteiger partial charge in [-0.25, -0.2) is 4.39 Å². The maximum absolute atomic E-state index is 13.1. The van der Waals surface area contributed by atoms with Gasteiger partial charge in [0.05, 0.1) is 0 Å². The Kier molecular flexibility index (Phi) is 4.63. The Morgan fingerprint density at radius 2 is 2.22 bits per heavy atom. The molecule has 1 aliphatic rings. The summed E-state index contributed by atoms with van der Waals surface area (Å²) < 4.78 is 13.1. The molecule has 3 heteroatoms. The number of hydrogen-bond acceptors (Lipinski definition) is 1. The molecule has 2 unspecified atom stereocenters. The lowest BCUT2D eigenvalue weighted by molar-refractivity contribution is 0.280. The van der Waals surface area contributed by atoms with Crippen LogP contribution in [0.15, 0.2) is 18.2 Å². The minimum atomic E-state index is -0.252. The molecule has 0 spiro atoms. The topological polar surface area (TPSA) is 12.0 Å². The molecule has 0 bridgehead atoms. The van der Waals surface area contributed by atoms with Crippen LogP contribution in [0.5, 0.6) is 0 Å². The predicted octanol–water partition coefficient (Wildman–Crippen LogP) is 4.22. The van der Waals surface area contributed by atoms with Crippen LogP contribution in [0.4, 0.5) is 4.39 Å². The van der Waals surface area contributed by atoms with Gasteiger partial charge in [0.25, 0.3) is 0 Å². The van der Waals surface area contributed by atoms with Crippen molar-refractivity contribution in [3.8, 4) is 0 Å². The molecule has 1 aromatic carbocycles. The van der Waals surface area contributed by atoms with Crippen molar-refractivity contribution in [3.63, 3.8) is 0 Å². The molecule has 1 aliphatic heterocycles. The summed E-state index contributed by atoms with van der Waals surface area (Å²) in [6, 6.07) is 4.82. The Balaban J connectivity index is 2.22. The summed E-state index contributed by atoms with van der Waals surface area (Å²) in [5.41, 5.74) is 1.12. The number of benzene rings is 1. The van der Waals surface area contributed by atoms with E-state index >= 15 is 0 Å². The maximum atomic E-state index is 13.1. The van der Waals surface area contributed by atoms with Crippen molar-refractivity contribution >= 4 is 11.6 Å². The molecule has 0 aromatic heterocycles. The van der Waals surface area contributed by atoms with Crippen LogP contribution in [-0.2, 0) is 0 Å². The summed E-state index contributed by atoms with van der Waals surface area (Å²) in [5, 5.41) is 4.03. The molecule has 1 fully saturated rings. The van der Waals surface area contributed by atoms with Gasteiger partial charge in [-0.2, -0.15) is 0 Å². The third-order valence-corrected chi connectivity index (χ3v) is 4.07. The number of halogens is 2. The first-order valence-corrected chi connectivity index (χ1v) is 7.11. The van der Waals surface area contributed by atoms with E-state index in [9.17, 15) is 4.39 Å².